The number of rotatable bonds is 6. The molecular formula is C13H26N2O2. The molecule has 4 nitrogen and oxygen atoms in total. The van der Waals surface area contributed by atoms with E-state index in [0.717, 1.165) is 25.7 Å². The Labute approximate surface area is 104 Å². The number of nitrogens with one attached hydrogen (secondary N) is 1. The van der Waals surface area contributed by atoms with Crippen molar-refractivity contribution < 1.29 is 9.53 Å². The van der Waals surface area contributed by atoms with Crippen LogP contribution in [-0.4, -0.2) is 30.7 Å². The van der Waals surface area contributed by atoms with Gasteiger partial charge in [-0.25, -0.2) is 0 Å². The normalized spacial score (nSPS) is 20.5. The maximum absolute atomic E-state index is 11.7. The molecule has 0 spiro atoms. The summed E-state index contributed by atoms with van der Waals surface area (Å²) >= 11 is 0. The fraction of sp³-hybridized carbons (Fsp3) is 0.923. The minimum absolute atomic E-state index is 0.0362. The lowest BCUT2D eigenvalue weighted by Crippen LogP contribution is -2.43. The standard InChI is InChI=1S/C13H26N2O2/c1-10(2)11(3)15-12(16)8-17-13(9-14)6-4-5-7-13/h10-11H,4-9,14H2,1-3H3,(H,15,16). The molecule has 1 saturated carbocycles. The van der Waals surface area contributed by atoms with Crippen LogP contribution >= 0.6 is 0 Å². The second-order valence-electron chi connectivity index (χ2n) is 5.48. The number of carbonyl (C=O) groups excluding carboxylic acids is 1. The summed E-state index contributed by atoms with van der Waals surface area (Å²) in [6.45, 7) is 6.83. The Bertz CT molecular complexity index is 248. The van der Waals surface area contributed by atoms with E-state index >= 15 is 0 Å². The van der Waals surface area contributed by atoms with Crippen LogP contribution in [0.5, 0.6) is 0 Å². The lowest BCUT2D eigenvalue weighted by molar-refractivity contribution is -0.133. The predicted octanol–water partition coefficient (Wildman–Crippen LogP) is 1.44. The molecule has 0 heterocycles. The number of hydrogen-bond donors (Lipinski definition) is 2. The third kappa shape index (κ3) is 4.28. The minimum Gasteiger partial charge on any atom is -0.364 e. The van der Waals surface area contributed by atoms with Crippen molar-refractivity contribution in [1.29, 1.82) is 0 Å². The van der Waals surface area contributed by atoms with Crippen molar-refractivity contribution in [2.75, 3.05) is 13.2 Å². The third-order valence-electron chi connectivity index (χ3n) is 3.78. The Balaban J connectivity index is 2.32. The highest BCUT2D eigenvalue weighted by Gasteiger charge is 2.33. The molecule has 3 N–H and O–H groups in total. The first-order valence-electron chi connectivity index (χ1n) is 6.62. The second-order valence-corrected chi connectivity index (χ2v) is 5.48. The van der Waals surface area contributed by atoms with Crippen LogP contribution in [0.2, 0.25) is 0 Å². The van der Waals surface area contributed by atoms with Crippen LogP contribution in [0.3, 0.4) is 0 Å². The fourth-order valence-electron chi connectivity index (χ4n) is 2.11. The summed E-state index contributed by atoms with van der Waals surface area (Å²) in [6.07, 6.45) is 4.27. The van der Waals surface area contributed by atoms with Gasteiger partial charge in [0, 0.05) is 12.6 Å². The van der Waals surface area contributed by atoms with Gasteiger partial charge in [0.15, 0.2) is 0 Å². The molecule has 4 heteroatoms. The lowest BCUT2D eigenvalue weighted by atomic mass is 10.0. The number of amides is 1. The molecule has 0 aromatic heterocycles. The summed E-state index contributed by atoms with van der Waals surface area (Å²) in [5.74, 6) is 0.403. The van der Waals surface area contributed by atoms with E-state index in [2.05, 4.69) is 19.2 Å². The van der Waals surface area contributed by atoms with Gasteiger partial charge in [-0.1, -0.05) is 26.7 Å². The summed E-state index contributed by atoms with van der Waals surface area (Å²) < 4.78 is 5.75. The van der Waals surface area contributed by atoms with Crippen molar-refractivity contribution in [3.8, 4) is 0 Å². The first kappa shape index (κ1) is 14.5. The lowest BCUT2D eigenvalue weighted by Gasteiger charge is -2.28. The monoisotopic (exact) mass is 242 g/mol. The van der Waals surface area contributed by atoms with Gasteiger partial charge in [-0.3, -0.25) is 4.79 Å². The van der Waals surface area contributed by atoms with E-state index in [-0.39, 0.29) is 24.2 Å². The second kappa shape index (κ2) is 6.36. The Hall–Kier alpha value is -0.610. The Kier molecular flexibility index (Phi) is 5.40. The summed E-state index contributed by atoms with van der Waals surface area (Å²) in [5.41, 5.74) is 5.51. The average molecular weight is 242 g/mol. The van der Waals surface area contributed by atoms with Crippen LogP contribution in [0.25, 0.3) is 0 Å². The minimum atomic E-state index is -0.238. The highest BCUT2D eigenvalue weighted by Crippen LogP contribution is 2.31. The molecule has 0 bridgehead atoms. The van der Waals surface area contributed by atoms with E-state index in [1.54, 1.807) is 0 Å². The van der Waals surface area contributed by atoms with Gasteiger partial charge in [0.25, 0.3) is 0 Å². The van der Waals surface area contributed by atoms with Crippen molar-refractivity contribution >= 4 is 5.91 Å². The van der Waals surface area contributed by atoms with Gasteiger partial charge in [0.05, 0.1) is 5.60 Å². The van der Waals surface area contributed by atoms with Crippen molar-refractivity contribution in [2.24, 2.45) is 11.7 Å². The van der Waals surface area contributed by atoms with Crippen molar-refractivity contribution in [3.63, 3.8) is 0 Å². The Morgan fingerprint density at radius 1 is 1.35 bits per heavy atom. The van der Waals surface area contributed by atoms with E-state index in [9.17, 15) is 4.79 Å². The molecule has 1 atom stereocenters. The van der Waals surface area contributed by atoms with Gasteiger partial charge in [-0.05, 0) is 25.7 Å². The van der Waals surface area contributed by atoms with E-state index in [4.69, 9.17) is 10.5 Å². The quantitative estimate of drug-likeness (QED) is 0.740. The molecule has 1 aliphatic rings. The van der Waals surface area contributed by atoms with Gasteiger partial charge in [-0.15, -0.1) is 0 Å². The van der Waals surface area contributed by atoms with Gasteiger partial charge in [0.2, 0.25) is 5.91 Å². The largest absolute Gasteiger partial charge is 0.364 e. The summed E-state index contributed by atoms with van der Waals surface area (Å²) in [7, 11) is 0. The first-order valence-corrected chi connectivity index (χ1v) is 6.62. The zero-order valence-corrected chi connectivity index (χ0v) is 11.3. The molecule has 1 aliphatic carbocycles. The van der Waals surface area contributed by atoms with Crippen LogP contribution < -0.4 is 11.1 Å². The maximum atomic E-state index is 11.7. The van der Waals surface area contributed by atoms with Gasteiger partial charge >= 0.3 is 0 Å². The van der Waals surface area contributed by atoms with Crippen molar-refractivity contribution in [3.05, 3.63) is 0 Å². The molecule has 0 aromatic rings. The maximum Gasteiger partial charge on any atom is 0.246 e. The molecule has 0 saturated heterocycles. The van der Waals surface area contributed by atoms with Crippen LogP contribution in [0.1, 0.15) is 46.5 Å². The highest BCUT2D eigenvalue weighted by atomic mass is 16.5. The predicted molar refractivity (Wildman–Crippen MR) is 68.6 cm³/mol. The smallest absolute Gasteiger partial charge is 0.246 e. The molecule has 0 radical (unpaired) electrons. The van der Waals surface area contributed by atoms with Crippen LogP contribution in [0, 0.1) is 5.92 Å². The first-order chi connectivity index (χ1) is 7.99. The zero-order valence-electron chi connectivity index (χ0n) is 11.3. The van der Waals surface area contributed by atoms with Gasteiger partial charge in [-0.2, -0.15) is 0 Å². The molecule has 17 heavy (non-hydrogen) atoms. The summed E-state index contributed by atoms with van der Waals surface area (Å²) in [5, 5.41) is 2.94. The average Bonchev–Trinajstić information content (AvgIpc) is 2.75. The Morgan fingerprint density at radius 3 is 2.41 bits per heavy atom. The summed E-state index contributed by atoms with van der Waals surface area (Å²) in [4.78, 5) is 11.7. The van der Waals surface area contributed by atoms with Crippen LogP contribution in [0.15, 0.2) is 0 Å². The van der Waals surface area contributed by atoms with Crippen molar-refractivity contribution in [1.82, 2.24) is 5.32 Å². The molecule has 1 fully saturated rings. The van der Waals surface area contributed by atoms with Gasteiger partial charge < -0.3 is 15.8 Å². The van der Waals surface area contributed by atoms with Gasteiger partial charge in [0.1, 0.15) is 6.61 Å². The number of nitrogens with two attached hydrogens (primary N) is 1. The molecular weight excluding hydrogens is 216 g/mol. The SMILES string of the molecule is CC(C)C(C)NC(=O)COC1(CN)CCCC1. The summed E-state index contributed by atoms with van der Waals surface area (Å²) in [6, 6.07) is 0.184. The molecule has 0 aromatic carbocycles. The fourth-order valence-corrected chi connectivity index (χ4v) is 2.11. The topological polar surface area (TPSA) is 64.3 Å². The highest BCUT2D eigenvalue weighted by molar-refractivity contribution is 5.77. The Morgan fingerprint density at radius 2 is 1.94 bits per heavy atom. The zero-order chi connectivity index (χ0) is 12.9. The molecule has 1 amide bonds. The number of hydrogen-bond acceptors (Lipinski definition) is 3. The van der Waals surface area contributed by atoms with E-state index in [0.29, 0.717) is 12.5 Å². The molecule has 100 valence electrons. The van der Waals surface area contributed by atoms with E-state index in [1.165, 1.54) is 0 Å². The molecule has 1 unspecified atom stereocenters. The van der Waals surface area contributed by atoms with Crippen molar-refractivity contribution in [2.45, 2.75) is 58.1 Å². The van der Waals surface area contributed by atoms with E-state index in [1.807, 2.05) is 6.92 Å². The van der Waals surface area contributed by atoms with E-state index < -0.39 is 0 Å². The molecule has 1 rings (SSSR count). The molecule has 0 aliphatic heterocycles. The number of ether oxygens (including phenoxy) is 1. The van der Waals surface area contributed by atoms with Crippen LogP contribution in [-0.2, 0) is 9.53 Å². The third-order valence-corrected chi connectivity index (χ3v) is 3.78. The number of carbonyl (C=O) groups is 1. The van der Waals surface area contributed by atoms with Crippen LogP contribution in [0.4, 0.5) is 0 Å².